The number of rotatable bonds is 6. The van der Waals surface area contributed by atoms with Gasteiger partial charge in [0, 0.05) is 16.2 Å². The van der Waals surface area contributed by atoms with Crippen molar-refractivity contribution in [3.8, 4) is 5.75 Å². The van der Waals surface area contributed by atoms with Crippen molar-refractivity contribution in [3.63, 3.8) is 0 Å². The first kappa shape index (κ1) is 19.4. The van der Waals surface area contributed by atoms with Crippen LogP contribution < -0.4 is 15.4 Å². The van der Waals surface area contributed by atoms with E-state index in [1.54, 1.807) is 12.1 Å². The van der Waals surface area contributed by atoms with Crippen molar-refractivity contribution in [2.75, 3.05) is 11.9 Å². The molecule has 6 heteroatoms. The Bertz CT molecular complexity index is 750. The highest BCUT2D eigenvalue weighted by Gasteiger charge is 2.11. The van der Waals surface area contributed by atoms with E-state index >= 15 is 0 Å². The third-order valence-electron chi connectivity index (χ3n) is 3.40. The minimum absolute atomic E-state index is 0.236. The number of carbonyl (C=O) groups excluding carboxylic acids is 1. The van der Waals surface area contributed by atoms with Crippen LogP contribution in [0.3, 0.4) is 0 Å². The molecule has 0 aliphatic heterocycles. The van der Waals surface area contributed by atoms with E-state index in [1.807, 2.05) is 36.4 Å². The summed E-state index contributed by atoms with van der Waals surface area (Å²) in [5.41, 5.74) is 1.29. The first-order valence-electron chi connectivity index (χ1n) is 8.05. The largest absolute Gasteiger partial charge is 0.494 e. The molecular formula is C19H21BrN2O2S. The zero-order valence-electron chi connectivity index (χ0n) is 14.2. The normalized spacial score (nSPS) is 10.4. The molecule has 0 fully saturated rings. The lowest BCUT2D eigenvalue weighted by molar-refractivity contribution is 0.0977. The lowest BCUT2D eigenvalue weighted by Crippen LogP contribution is -2.34. The van der Waals surface area contributed by atoms with Crippen molar-refractivity contribution in [1.29, 1.82) is 0 Å². The van der Waals surface area contributed by atoms with Crippen LogP contribution in [0.2, 0.25) is 0 Å². The van der Waals surface area contributed by atoms with Gasteiger partial charge in [0.1, 0.15) is 5.75 Å². The Balaban J connectivity index is 1.92. The summed E-state index contributed by atoms with van der Waals surface area (Å²) in [5, 5.41) is 5.92. The molecule has 1 amide bonds. The van der Waals surface area contributed by atoms with Crippen molar-refractivity contribution in [3.05, 3.63) is 58.6 Å². The molecule has 0 spiro atoms. The van der Waals surface area contributed by atoms with E-state index in [-0.39, 0.29) is 11.0 Å². The monoisotopic (exact) mass is 420 g/mol. The standard InChI is InChI=1S/C19H21BrN2O2S/c1-13(2)10-11-24-15-7-5-6-14(12-15)21-19(25)22-18(23)16-8-3-4-9-17(16)20/h3-9,12-13H,10-11H2,1-2H3,(H2,21,22,23,25). The third kappa shape index (κ3) is 6.48. The van der Waals surface area contributed by atoms with E-state index in [4.69, 9.17) is 17.0 Å². The molecule has 0 saturated heterocycles. The Morgan fingerprint density at radius 3 is 2.68 bits per heavy atom. The number of thiocarbonyl (C=S) groups is 1. The lowest BCUT2D eigenvalue weighted by atomic mass is 10.1. The first-order valence-corrected chi connectivity index (χ1v) is 9.25. The number of ether oxygens (including phenoxy) is 1. The maximum absolute atomic E-state index is 12.2. The van der Waals surface area contributed by atoms with Gasteiger partial charge in [-0.2, -0.15) is 0 Å². The Kier molecular flexibility index (Phi) is 7.40. The molecule has 2 N–H and O–H groups in total. The van der Waals surface area contributed by atoms with Gasteiger partial charge >= 0.3 is 0 Å². The second-order valence-electron chi connectivity index (χ2n) is 5.95. The Morgan fingerprint density at radius 1 is 1.20 bits per heavy atom. The van der Waals surface area contributed by atoms with Crippen LogP contribution in [0.5, 0.6) is 5.75 Å². The molecule has 0 saturated carbocycles. The first-order chi connectivity index (χ1) is 12.0. The predicted octanol–water partition coefficient (Wildman–Crippen LogP) is 5.00. The molecule has 0 bridgehead atoms. The van der Waals surface area contributed by atoms with E-state index < -0.39 is 0 Å². The average Bonchev–Trinajstić information content (AvgIpc) is 2.55. The molecule has 132 valence electrons. The second kappa shape index (κ2) is 9.53. The number of hydrogen-bond donors (Lipinski definition) is 2. The van der Waals surface area contributed by atoms with Crippen LogP contribution in [0.4, 0.5) is 5.69 Å². The van der Waals surface area contributed by atoms with Crippen LogP contribution in [-0.4, -0.2) is 17.6 Å². The molecule has 0 heterocycles. The Morgan fingerprint density at radius 2 is 1.96 bits per heavy atom. The summed E-state index contributed by atoms with van der Waals surface area (Å²) in [4.78, 5) is 12.2. The summed E-state index contributed by atoms with van der Waals surface area (Å²) in [6.07, 6.45) is 0.998. The lowest BCUT2D eigenvalue weighted by Gasteiger charge is -2.12. The molecule has 25 heavy (non-hydrogen) atoms. The van der Waals surface area contributed by atoms with E-state index in [0.29, 0.717) is 18.1 Å². The zero-order chi connectivity index (χ0) is 18.2. The van der Waals surface area contributed by atoms with Crippen LogP contribution in [0, 0.1) is 5.92 Å². The number of amides is 1. The van der Waals surface area contributed by atoms with Crippen LogP contribution in [0.15, 0.2) is 53.0 Å². The summed E-state index contributed by atoms with van der Waals surface area (Å²) in [6.45, 7) is 4.99. The maximum Gasteiger partial charge on any atom is 0.258 e. The van der Waals surface area contributed by atoms with Gasteiger partial charge in [0.2, 0.25) is 0 Å². The van der Waals surface area contributed by atoms with Crippen molar-refractivity contribution in [1.82, 2.24) is 5.32 Å². The van der Waals surface area contributed by atoms with Gasteiger partial charge in [-0.05, 0) is 64.8 Å². The SMILES string of the molecule is CC(C)CCOc1cccc(NC(=S)NC(=O)c2ccccc2Br)c1. The van der Waals surface area contributed by atoms with Gasteiger partial charge in [0.15, 0.2) is 5.11 Å². The van der Waals surface area contributed by atoms with Gasteiger partial charge in [-0.15, -0.1) is 0 Å². The predicted molar refractivity (Wildman–Crippen MR) is 109 cm³/mol. The molecule has 2 aromatic rings. The molecule has 2 aromatic carbocycles. The molecule has 0 atom stereocenters. The number of hydrogen-bond acceptors (Lipinski definition) is 3. The van der Waals surface area contributed by atoms with Gasteiger partial charge in [0.25, 0.3) is 5.91 Å². The number of nitrogens with one attached hydrogen (secondary N) is 2. The topological polar surface area (TPSA) is 50.4 Å². The van der Waals surface area contributed by atoms with E-state index in [2.05, 4.69) is 40.4 Å². The van der Waals surface area contributed by atoms with E-state index in [0.717, 1.165) is 22.3 Å². The van der Waals surface area contributed by atoms with Crippen LogP contribution in [-0.2, 0) is 0 Å². The fourth-order valence-corrected chi connectivity index (χ4v) is 2.73. The summed E-state index contributed by atoms with van der Waals surface area (Å²) in [6, 6.07) is 14.7. The van der Waals surface area contributed by atoms with Crippen LogP contribution in [0.1, 0.15) is 30.6 Å². The third-order valence-corrected chi connectivity index (χ3v) is 4.30. The molecular weight excluding hydrogens is 400 g/mol. The molecule has 0 radical (unpaired) electrons. The van der Waals surface area contributed by atoms with E-state index in [9.17, 15) is 4.79 Å². The fraction of sp³-hybridized carbons (Fsp3) is 0.263. The second-order valence-corrected chi connectivity index (χ2v) is 7.21. The van der Waals surface area contributed by atoms with Gasteiger partial charge in [0.05, 0.1) is 12.2 Å². The molecule has 4 nitrogen and oxygen atoms in total. The minimum Gasteiger partial charge on any atom is -0.494 e. The number of halogens is 1. The summed E-state index contributed by atoms with van der Waals surface area (Å²) < 4.78 is 6.45. The summed E-state index contributed by atoms with van der Waals surface area (Å²) in [7, 11) is 0. The summed E-state index contributed by atoms with van der Waals surface area (Å²) in [5.74, 6) is 1.10. The highest BCUT2D eigenvalue weighted by Crippen LogP contribution is 2.18. The fourth-order valence-electron chi connectivity index (χ4n) is 2.05. The number of benzene rings is 2. The minimum atomic E-state index is -0.269. The zero-order valence-corrected chi connectivity index (χ0v) is 16.6. The highest BCUT2D eigenvalue weighted by atomic mass is 79.9. The van der Waals surface area contributed by atoms with Gasteiger partial charge in [-0.25, -0.2) is 0 Å². The molecule has 2 rings (SSSR count). The van der Waals surface area contributed by atoms with Gasteiger partial charge < -0.3 is 10.1 Å². The number of anilines is 1. The van der Waals surface area contributed by atoms with Gasteiger partial charge in [-0.1, -0.05) is 32.0 Å². The Labute approximate surface area is 162 Å². The van der Waals surface area contributed by atoms with Gasteiger partial charge in [-0.3, -0.25) is 10.1 Å². The average molecular weight is 421 g/mol. The van der Waals surface area contributed by atoms with Crippen molar-refractivity contribution >= 4 is 44.9 Å². The molecule has 0 aliphatic rings. The quantitative estimate of drug-likeness (QED) is 0.645. The van der Waals surface area contributed by atoms with Crippen molar-refractivity contribution < 1.29 is 9.53 Å². The number of carbonyl (C=O) groups is 1. The smallest absolute Gasteiger partial charge is 0.258 e. The molecule has 0 aliphatic carbocycles. The van der Waals surface area contributed by atoms with E-state index in [1.165, 1.54) is 0 Å². The van der Waals surface area contributed by atoms with Crippen LogP contribution in [0.25, 0.3) is 0 Å². The van der Waals surface area contributed by atoms with Crippen LogP contribution >= 0.6 is 28.1 Å². The maximum atomic E-state index is 12.2. The molecule has 0 unspecified atom stereocenters. The van der Waals surface area contributed by atoms with Crippen molar-refractivity contribution in [2.24, 2.45) is 5.92 Å². The molecule has 0 aromatic heterocycles. The Hall–Kier alpha value is -1.92. The summed E-state index contributed by atoms with van der Waals surface area (Å²) >= 11 is 8.58. The van der Waals surface area contributed by atoms with Crippen molar-refractivity contribution in [2.45, 2.75) is 20.3 Å². The highest BCUT2D eigenvalue weighted by molar-refractivity contribution is 9.10.